The van der Waals surface area contributed by atoms with Gasteiger partial charge >= 0.3 is 59.1 Å². The molecule has 0 aromatic heterocycles. The molecule has 0 heterocycles. The number of benzene rings is 1. The van der Waals surface area contributed by atoms with Crippen molar-refractivity contribution in [2.75, 3.05) is 6.61 Å². The van der Waals surface area contributed by atoms with Gasteiger partial charge < -0.3 is 4.74 Å². The van der Waals surface area contributed by atoms with Gasteiger partial charge in [-0.3, -0.25) is 0 Å². The Morgan fingerprint density at radius 2 is 1.26 bits per heavy atom. The molecule has 0 saturated carbocycles. The minimum atomic E-state index is 0. The summed E-state index contributed by atoms with van der Waals surface area (Å²) < 4.78 is 5.65. The minimum absolute atomic E-state index is 0. The van der Waals surface area contributed by atoms with Gasteiger partial charge in [0.25, 0.3) is 0 Å². The Bertz CT molecular complexity index is 265. The molecule has 1 nitrogen and oxygen atoms in total. The first-order chi connectivity index (χ1) is 8.43. The molecule has 0 aliphatic rings. The first-order valence-corrected chi connectivity index (χ1v) is 7.11. The van der Waals surface area contributed by atoms with E-state index in [1.807, 2.05) is 30.3 Å². The summed E-state index contributed by atoms with van der Waals surface area (Å²) in [4.78, 5) is 0. The van der Waals surface area contributed by atoms with E-state index in [1.165, 1.54) is 51.4 Å². The normalized spacial score (nSPS) is 9.32. The zero-order chi connectivity index (χ0) is 12.2. The fourth-order valence-corrected chi connectivity index (χ4v) is 1.94. The van der Waals surface area contributed by atoms with Crippen molar-refractivity contribution in [1.82, 2.24) is 0 Å². The van der Waals surface area contributed by atoms with Crippen LogP contribution in [0.2, 0.25) is 0 Å². The van der Waals surface area contributed by atoms with Crippen LogP contribution < -0.4 is 63.9 Å². The van der Waals surface area contributed by atoms with Crippen molar-refractivity contribution < 1.29 is 63.9 Å². The Labute approximate surface area is 163 Å². The van der Waals surface area contributed by atoms with Gasteiger partial charge in [-0.2, -0.15) is 0 Å². The molecule has 0 aliphatic carbocycles. The molecule has 0 saturated heterocycles. The van der Waals surface area contributed by atoms with Crippen LogP contribution in [0.25, 0.3) is 0 Å². The van der Waals surface area contributed by atoms with E-state index in [9.17, 15) is 0 Å². The number of para-hydroxylation sites is 1. The maximum Gasteiger partial charge on any atom is 1.00 e. The zero-order valence-corrected chi connectivity index (χ0v) is 17.2. The van der Waals surface area contributed by atoms with E-state index in [-0.39, 0.29) is 59.1 Å². The van der Waals surface area contributed by atoms with Gasteiger partial charge in [0, 0.05) is 0 Å². The molecular weight excluding hydrogens is 254 g/mol. The maximum absolute atomic E-state index is 5.65. The summed E-state index contributed by atoms with van der Waals surface area (Å²) in [5, 5.41) is 0. The summed E-state index contributed by atoms with van der Waals surface area (Å²) >= 11 is 0. The summed E-state index contributed by atoms with van der Waals surface area (Å²) in [5.74, 6) is 0.996. The summed E-state index contributed by atoms with van der Waals surface area (Å²) in [7, 11) is 0. The third-order valence-electron chi connectivity index (χ3n) is 3.01. The Morgan fingerprint density at radius 3 is 1.84 bits per heavy atom. The third kappa shape index (κ3) is 13.7. The fraction of sp³-hybridized carbons (Fsp3) is 0.625. The van der Waals surface area contributed by atoms with Gasteiger partial charge in [0.15, 0.2) is 0 Å². The van der Waals surface area contributed by atoms with E-state index in [1.54, 1.807) is 0 Å². The summed E-state index contributed by atoms with van der Waals surface area (Å²) in [6.07, 6.45) is 10.8. The second-order valence-electron chi connectivity index (χ2n) is 4.64. The second kappa shape index (κ2) is 17.1. The van der Waals surface area contributed by atoms with Crippen LogP contribution in [0.4, 0.5) is 0 Å². The van der Waals surface area contributed by atoms with Crippen molar-refractivity contribution in [3.05, 3.63) is 30.3 Å². The Hall–Kier alpha value is 1.02. The monoisotopic (exact) mass is 280 g/mol. The molecule has 0 bridgehead atoms. The van der Waals surface area contributed by atoms with Gasteiger partial charge in [-0.05, 0) is 18.6 Å². The van der Waals surface area contributed by atoms with Crippen LogP contribution in [0.15, 0.2) is 30.3 Å². The van der Waals surface area contributed by atoms with Crippen LogP contribution in [0, 0.1) is 0 Å². The standard InChI is InChI=1S/C16H26O.2Na/c1-2-3-4-5-6-7-8-12-15-17-16-13-10-9-11-14-16;;/h9-11,13-14H,2-8,12,15H2,1H3;;/q;2*+1. The van der Waals surface area contributed by atoms with Crippen LogP contribution in [0.5, 0.6) is 5.75 Å². The molecule has 0 fully saturated rings. The van der Waals surface area contributed by atoms with Crippen molar-refractivity contribution in [3.63, 3.8) is 0 Å². The van der Waals surface area contributed by atoms with E-state index >= 15 is 0 Å². The second-order valence-corrected chi connectivity index (χ2v) is 4.64. The SMILES string of the molecule is CCCCCCCCCCOc1ccccc1.[Na+].[Na+]. The molecule has 1 aromatic rings. The third-order valence-corrected chi connectivity index (χ3v) is 3.01. The Kier molecular flexibility index (Phi) is 20.0. The number of ether oxygens (including phenoxy) is 1. The van der Waals surface area contributed by atoms with Crippen molar-refractivity contribution in [2.45, 2.75) is 58.3 Å². The molecular formula is C16H26Na2O+2. The molecule has 0 spiro atoms. The predicted octanol–water partition coefficient (Wildman–Crippen LogP) is -0.786. The number of unbranched alkanes of at least 4 members (excludes halogenated alkanes) is 7. The van der Waals surface area contributed by atoms with Crippen LogP contribution >= 0.6 is 0 Å². The first-order valence-electron chi connectivity index (χ1n) is 7.11. The molecule has 0 atom stereocenters. The quantitative estimate of drug-likeness (QED) is 0.403. The molecule has 0 radical (unpaired) electrons. The minimum Gasteiger partial charge on any atom is -0.494 e. The molecule has 1 aromatic carbocycles. The number of rotatable bonds is 10. The zero-order valence-electron chi connectivity index (χ0n) is 13.2. The topological polar surface area (TPSA) is 9.23 Å². The van der Waals surface area contributed by atoms with Gasteiger partial charge in [0.1, 0.15) is 5.75 Å². The van der Waals surface area contributed by atoms with Crippen LogP contribution in [-0.4, -0.2) is 6.61 Å². The van der Waals surface area contributed by atoms with E-state index in [2.05, 4.69) is 6.92 Å². The average Bonchev–Trinajstić information content (AvgIpc) is 2.38. The van der Waals surface area contributed by atoms with Gasteiger partial charge in [0.2, 0.25) is 0 Å². The van der Waals surface area contributed by atoms with Crippen molar-refractivity contribution in [2.24, 2.45) is 0 Å². The maximum atomic E-state index is 5.65. The molecule has 96 valence electrons. The number of hydrogen-bond donors (Lipinski definition) is 0. The first kappa shape index (κ1) is 22.3. The van der Waals surface area contributed by atoms with E-state index in [4.69, 9.17) is 4.74 Å². The van der Waals surface area contributed by atoms with Crippen LogP contribution in [-0.2, 0) is 0 Å². The molecule has 0 aliphatic heterocycles. The van der Waals surface area contributed by atoms with Crippen molar-refractivity contribution >= 4 is 0 Å². The molecule has 0 unspecified atom stereocenters. The fourth-order valence-electron chi connectivity index (χ4n) is 1.94. The van der Waals surface area contributed by atoms with E-state index < -0.39 is 0 Å². The predicted molar refractivity (Wildman–Crippen MR) is 74.5 cm³/mol. The van der Waals surface area contributed by atoms with Crippen LogP contribution in [0.3, 0.4) is 0 Å². The smallest absolute Gasteiger partial charge is 0.494 e. The summed E-state index contributed by atoms with van der Waals surface area (Å²) in [5.41, 5.74) is 0. The van der Waals surface area contributed by atoms with Gasteiger partial charge in [-0.1, -0.05) is 70.1 Å². The van der Waals surface area contributed by atoms with Gasteiger partial charge in [-0.15, -0.1) is 0 Å². The van der Waals surface area contributed by atoms with E-state index in [0.717, 1.165) is 12.4 Å². The molecule has 0 N–H and O–H groups in total. The Morgan fingerprint density at radius 1 is 0.737 bits per heavy atom. The Balaban J connectivity index is 0. The van der Waals surface area contributed by atoms with Crippen molar-refractivity contribution in [1.29, 1.82) is 0 Å². The van der Waals surface area contributed by atoms with Crippen LogP contribution in [0.1, 0.15) is 58.3 Å². The van der Waals surface area contributed by atoms with E-state index in [0.29, 0.717) is 0 Å². The van der Waals surface area contributed by atoms with Crippen molar-refractivity contribution in [3.8, 4) is 5.75 Å². The molecule has 1 rings (SSSR count). The molecule has 19 heavy (non-hydrogen) atoms. The largest absolute Gasteiger partial charge is 1.00 e. The molecule has 3 heteroatoms. The molecule has 0 amide bonds. The summed E-state index contributed by atoms with van der Waals surface area (Å²) in [6, 6.07) is 10.1. The van der Waals surface area contributed by atoms with Gasteiger partial charge in [-0.25, -0.2) is 0 Å². The van der Waals surface area contributed by atoms with Gasteiger partial charge in [0.05, 0.1) is 6.61 Å². The average molecular weight is 280 g/mol. The number of hydrogen-bond acceptors (Lipinski definition) is 1. The summed E-state index contributed by atoms with van der Waals surface area (Å²) in [6.45, 7) is 3.12.